The molecule has 0 atom stereocenters. The highest BCUT2D eigenvalue weighted by Crippen LogP contribution is 2.43. The number of rotatable bonds is 4. The van der Waals surface area contributed by atoms with Gasteiger partial charge in [-0.2, -0.15) is 10.5 Å². The molecule has 1 aliphatic rings. The number of fused-ring (bicyclic) bond motifs is 11. The van der Waals surface area contributed by atoms with E-state index in [0.717, 1.165) is 78.4 Å². The molecule has 0 spiro atoms. The van der Waals surface area contributed by atoms with Crippen molar-refractivity contribution in [1.29, 1.82) is 10.5 Å². The van der Waals surface area contributed by atoms with Crippen molar-refractivity contribution in [2.75, 3.05) is 0 Å². The fraction of sp³-hybridized carbons (Fsp3) is 0.0769. The summed E-state index contributed by atoms with van der Waals surface area (Å²) in [5.41, 5.74) is 13.5. The molecule has 3 heterocycles. The summed E-state index contributed by atoms with van der Waals surface area (Å²) >= 11 is 0. The fourth-order valence-corrected chi connectivity index (χ4v) is 9.64. The summed E-state index contributed by atoms with van der Waals surface area (Å²) in [5.74, 6) is 0. The minimum Gasteiger partial charge on any atom is -0.313 e. The van der Waals surface area contributed by atoms with Crippen molar-refractivity contribution >= 4 is 77.4 Å². The van der Waals surface area contributed by atoms with E-state index in [9.17, 15) is 10.5 Å². The average Bonchev–Trinajstić information content (AvgIpc) is 3.88. The number of benzene rings is 7. The Hall–Kier alpha value is -7.60. The maximum absolute atomic E-state index is 11.0. The number of hydrogen-bond acceptors (Lipinski definition) is 2. The monoisotopic (exact) mass is 729 g/mol. The summed E-state index contributed by atoms with van der Waals surface area (Å²) in [6.45, 7) is 4.25. The van der Waals surface area contributed by atoms with E-state index >= 15 is 0 Å². The third kappa shape index (κ3) is 4.61. The van der Waals surface area contributed by atoms with E-state index in [2.05, 4.69) is 173 Å². The molecule has 0 bridgehead atoms. The Morgan fingerprint density at radius 1 is 0.579 bits per heavy atom. The van der Waals surface area contributed by atoms with Crippen LogP contribution in [0.25, 0.3) is 94.5 Å². The molecular formula is C52H35N5. The lowest BCUT2D eigenvalue weighted by Crippen LogP contribution is -2.04. The van der Waals surface area contributed by atoms with Gasteiger partial charge in [-0.3, -0.25) is 0 Å². The summed E-state index contributed by atoms with van der Waals surface area (Å²) in [6, 6.07) is 49.7. The molecule has 5 heteroatoms. The number of nitrogens with zero attached hydrogens (tertiary/aromatic N) is 5. The number of aromatic nitrogens is 3. The van der Waals surface area contributed by atoms with Gasteiger partial charge in [0.25, 0.3) is 0 Å². The zero-order chi connectivity index (χ0) is 38.4. The third-order valence-electron chi connectivity index (χ3n) is 12.1. The van der Waals surface area contributed by atoms with Gasteiger partial charge in [-0.25, -0.2) is 0 Å². The molecule has 1 aliphatic carbocycles. The van der Waals surface area contributed by atoms with Gasteiger partial charge in [-0.05, 0) is 103 Å². The average molecular weight is 730 g/mol. The van der Waals surface area contributed by atoms with Crippen LogP contribution in [0.5, 0.6) is 0 Å². The fourth-order valence-electron chi connectivity index (χ4n) is 9.64. The van der Waals surface area contributed by atoms with Crippen LogP contribution in [0.15, 0.2) is 140 Å². The van der Waals surface area contributed by atoms with E-state index in [-0.39, 0.29) is 0 Å². The molecular weight excluding hydrogens is 695 g/mol. The predicted octanol–water partition coefficient (Wildman–Crippen LogP) is 13.0. The normalized spacial score (nSPS) is 12.8. The van der Waals surface area contributed by atoms with Crippen LogP contribution in [0.2, 0.25) is 0 Å². The van der Waals surface area contributed by atoms with E-state index < -0.39 is 0 Å². The summed E-state index contributed by atoms with van der Waals surface area (Å²) in [6.07, 6.45) is 10.8. The van der Waals surface area contributed by atoms with Crippen molar-refractivity contribution in [1.82, 2.24) is 13.7 Å². The Bertz CT molecular complexity index is 3510. The molecule has 5 nitrogen and oxygen atoms in total. The molecule has 57 heavy (non-hydrogen) atoms. The van der Waals surface area contributed by atoms with E-state index in [1.54, 1.807) is 0 Å². The quantitative estimate of drug-likeness (QED) is 0.181. The lowest BCUT2D eigenvalue weighted by Gasteiger charge is -2.16. The van der Waals surface area contributed by atoms with E-state index in [4.69, 9.17) is 0 Å². The first-order valence-corrected chi connectivity index (χ1v) is 19.5. The van der Waals surface area contributed by atoms with Crippen LogP contribution in [-0.2, 0) is 6.42 Å². The number of para-hydroxylation sites is 2. The van der Waals surface area contributed by atoms with Crippen molar-refractivity contribution in [3.63, 3.8) is 0 Å². The minimum atomic E-state index is 0.495. The van der Waals surface area contributed by atoms with Crippen LogP contribution in [0.1, 0.15) is 46.9 Å². The first-order chi connectivity index (χ1) is 28.1. The number of aryl methyl sites for hydroxylation is 1. The van der Waals surface area contributed by atoms with Crippen molar-refractivity contribution < 1.29 is 0 Å². The highest BCUT2D eigenvalue weighted by atomic mass is 15.0. The van der Waals surface area contributed by atoms with Gasteiger partial charge in [0.15, 0.2) is 0 Å². The Kier molecular flexibility index (Phi) is 7.17. The molecule has 268 valence electrons. The molecule has 0 fully saturated rings. The lowest BCUT2D eigenvalue weighted by atomic mass is 9.93. The van der Waals surface area contributed by atoms with Crippen LogP contribution in [0, 0.1) is 29.6 Å². The molecule has 10 aromatic rings. The van der Waals surface area contributed by atoms with E-state index in [1.807, 2.05) is 18.2 Å². The topological polar surface area (TPSA) is 62.4 Å². The molecule has 3 aromatic heterocycles. The van der Waals surface area contributed by atoms with E-state index in [1.165, 1.54) is 27.8 Å². The van der Waals surface area contributed by atoms with Gasteiger partial charge in [0.2, 0.25) is 0 Å². The molecule has 0 saturated heterocycles. The van der Waals surface area contributed by atoms with Crippen molar-refractivity contribution in [3.8, 4) is 29.2 Å². The van der Waals surface area contributed by atoms with Gasteiger partial charge in [-0.15, -0.1) is 0 Å². The highest BCUT2D eigenvalue weighted by molar-refractivity contribution is 6.21. The molecule has 0 saturated carbocycles. The van der Waals surface area contributed by atoms with Crippen LogP contribution >= 0.6 is 0 Å². The number of nitriles is 2. The molecule has 0 N–H and O–H groups in total. The van der Waals surface area contributed by atoms with Gasteiger partial charge in [-0.1, -0.05) is 97.1 Å². The summed E-state index contributed by atoms with van der Waals surface area (Å²) < 4.78 is 6.72. The van der Waals surface area contributed by atoms with Gasteiger partial charge in [0, 0.05) is 43.9 Å². The third-order valence-corrected chi connectivity index (χ3v) is 12.1. The standard InChI is InChI=1S/C52H35N5/c1-3-12-38-32(2)55(44-19-10-8-17-41(38)44)37-23-26-46-43(29-37)52-40-16-7-5-14-34(40)22-25-48(52)57(46)50-28-35(30-53)49(27-36(50)31-54)56-45-20-11-9-18-42(45)51-39-15-6-4-13-33(39)21-24-47(51)56/h3-4,6-13,15-29H,5,14H2,1-2H3/b12-3-. The lowest BCUT2D eigenvalue weighted by molar-refractivity contribution is 0.989. The highest BCUT2D eigenvalue weighted by Gasteiger charge is 2.24. The summed E-state index contributed by atoms with van der Waals surface area (Å²) in [4.78, 5) is 0. The summed E-state index contributed by atoms with van der Waals surface area (Å²) in [5, 5.41) is 30.0. The van der Waals surface area contributed by atoms with Gasteiger partial charge in [0.05, 0.1) is 50.1 Å². The predicted molar refractivity (Wildman–Crippen MR) is 236 cm³/mol. The maximum atomic E-state index is 11.0. The van der Waals surface area contributed by atoms with Crippen molar-refractivity contribution in [3.05, 3.63) is 173 Å². The van der Waals surface area contributed by atoms with E-state index in [0.29, 0.717) is 22.5 Å². The maximum Gasteiger partial charge on any atom is 0.101 e. The smallest absolute Gasteiger partial charge is 0.101 e. The van der Waals surface area contributed by atoms with Crippen LogP contribution < -0.4 is 0 Å². The largest absolute Gasteiger partial charge is 0.313 e. The second kappa shape index (κ2) is 12.5. The molecule has 0 amide bonds. The van der Waals surface area contributed by atoms with Crippen LogP contribution in [0.4, 0.5) is 0 Å². The Labute approximate surface area is 329 Å². The zero-order valence-electron chi connectivity index (χ0n) is 31.6. The number of hydrogen-bond donors (Lipinski definition) is 0. The Morgan fingerprint density at radius 2 is 1.19 bits per heavy atom. The minimum absolute atomic E-state index is 0.495. The van der Waals surface area contributed by atoms with Gasteiger partial charge >= 0.3 is 0 Å². The van der Waals surface area contributed by atoms with Crippen molar-refractivity contribution in [2.45, 2.75) is 26.7 Å². The van der Waals surface area contributed by atoms with Gasteiger partial charge < -0.3 is 13.7 Å². The SMILES string of the molecule is C/C=C\c1c(C)n(-c2ccc3c(c2)c2c4c(ccc2n3-c2cc(C#N)c(-n3c5ccccc5c5c6ccccc6ccc53)cc2C#N)CCC=C4)c2ccccc12. The second-order valence-corrected chi connectivity index (χ2v) is 15.0. The van der Waals surface area contributed by atoms with Crippen molar-refractivity contribution in [2.24, 2.45) is 0 Å². The second-order valence-electron chi connectivity index (χ2n) is 15.0. The molecule has 0 aliphatic heterocycles. The van der Waals surface area contributed by atoms with Crippen LogP contribution in [0.3, 0.4) is 0 Å². The molecule has 0 unspecified atom stereocenters. The van der Waals surface area contributed by atoms with Gasteiger partial charge in [0.1, 0.15) is 12.1 Å². The molecule has 0 radical (unpaired) electrons. The zero-order valence-corrected chi connectivity index (χ0v) is 31.6. The van der Waals surface area contributed by atoms with Crippen LogP contribution in [-0.4, -0.2) is 13.7 Å². The first kappa shape index (κ1) is 32.8. The number of allylic oxidation sites excluding steroid dienone is 2. The Morgan fingerprint density at radius 3 is 1.93 bits per heavy atom. The first-order valence-electron chi connectivity index (χ1n) is 19.5. The Balaban J connectivity index is 1.20. The molecule has 11 rings (SSSR count). The molecule has 7 aromatic carbocycles. The summed E-state index contributed by atoms with van der Waals surface area (Å²) in [7, 11) is 0.